The molecule has 118 valence electrons. The molecule has 2 unspecified atom stereocenters. The van der Waals surface area contributed by atoms with Crippen LogP contribution in [0.15, 0.2) is 24.3 Å². The zero-order valence-electron chi connectivity index (χ0n) is 13.8. The van der Waals surface area contributed by atoms with Gasteiger partial charge in [-0.2, -0.15) is 0 Å². The highest BCUT2D eigenvalue weighted by Crippen LogP contribution is 2.34. The van der Waals surface area contributed by atoms with E-state index in [-0.39, 0.29) is 0 Å². The van der Waals surface area contributed by atoms with Crippen LogP contribution in [0.1, 0.15) is 63.7 Å². The minimum atomic E-state index is -0.397. The maximum absolute atomic E-state index is 10.3. The van der Waals surface area contributed by atoms with E-state index in [1.165, 1.54) is 24.8 Å². The van der Waals surface area contributed by atoms with Crippen LogP contribution < -0.4 is 5.32 Å². The molecule has 0 aromatic heterocycles. The zero-order valence-corrected chi connectivity index (χ0v) is 13.8. The van der Waals surface area contributed by atoms with Gasteiger partial charge in [-0.1, -0.05) is 57.9 Å². The lowest BCUT2D eigenvalue weighted by molar-refractivity contribution is 0.168. The molecule has 2 heteroatoms. The van der Waals surface area contributed by atoms with E-state index in [4.69, 9.17) is 0 Å². The predicted molar refractivity (Wildman–Crippen MR) is 89.4 cm³/mol. The molecule has 1 aliphatic rings. The molecule has 2 rings (SSSR count). The van der Waals surface area contributed by atoms with Gasteiger partial charge >= 0.3 is 0 Å². The molecule has 1 aromatic rings. The summed E-state index contributed by atoms with van der Waals surface area (Å²) in [5, 5.41) is 13.9. The van der Waals surface area contributed by atoms with Crippen molar-refractivity contribution in [2.45, 2.75) is 65.0 Å². The first-order valence-corrected chi connectivity index (χ1v) is 8.58. The van der Waals surface area contributed by atoms with Crippen LogP contribution in [0.2, 0.25) is 0 Å². The fraction of sp³-hybridized carbons (Fsp3) is 0.684. The summed E-state index contributed by atoms with van der Waals surface area (Å²) < 4.78 is 0. The number of hydrogen-bond donors (Lipinski definition) is 2. The average molecular weight is 289 g/mol. The molecule has 2 nitrogen and oxygen atoms in total. The van der Waals surface area contributed by atoms with E-state index in [9.17, 15) is 5.11 Å². The molecule has 0 aliphatic heterocycles. The van der Waals surface area contributed by atoms with Crippen molar-refractivity contribution in [3.63, 3.8) is 0 Å². The molecule has 1 aliphatic carbocycles. The Kier molecular flexibility index (Phi) is 6.25. The predicted octanol–water partition coefficient (Wildman–Crippen LogP) is 4.09. The van der Waals surface area contributed by atoms with E-state index in [2.05, 4.69) is 50.4 Å². The molecule has 0 bridgehead atoms. The van der Waals surface area contributed by atoms with Crippen molar-refractivity contribution in [2.75, 3.05) is 6.54 Å². The molecule has 0 radical (unpaired) electrons. The highest BCUT2D eigenvalue weighted by molar-refractivity contribution is 5.24. The van der Waals surface area contributed by atoms with Gasteiger partial charge in [0.15, 0.2) is 0 Å². The lowest BCUT2D eigenvalue weighted by atomic mass is 10.00. The Hall–Kier alpha value is -0.860. The Morgan fingerprint density at radius 3 is 2.38 bits per heavy atom. The number of benzene rings is 1. The maximum Gasteiger partial charge on any atom is 0.0914 e. The van der Waals surface area contributed by atoms with E-state index < -0.39 is 6.10 Å². The van der Waals surface area contributed by atoms with Gasteiger partial charge in [0.25, 0.3) is 0 Å². The van der Waals surface area contributed by atoms with Gasteiger partial charge in [-0.05, 0) is 42.2 Å². The summed E-state index contributed by atoms with van der Waals surface area (Å²) in [6.45, 7) is 7.36. The van der Waals surface area contributed by atoms with Crippen molar-refractivity contribution in [1.29, 1.82) is 0 Å². The standard InChI is InChI=1S/C19H31NO/c1-4-18(12-16-5-6-16)20-13-19(21)17-9-7-15(8-10-17)11-14(2)3/h7-10,14,16,18-21H,4-6,11-13H2,1-3H3. The number of aliphatic hydroxyl groups is 1. The summed E-state index contributed by atoms with van der Waals surface area (Å²) in [4.78, 5) is 0. The largest absolute Gasteiger partial charge is 0.387 e. The fourth-order valence-corrected chi connectivity index (χ4v) is 2.89. The van der Waals surface area contributed by atoms with Gasteiger partial charge in [-0.3, -0.25) is 0 Å². The second-order valence-electron chi connectivity index (χ2n) is 7.05. The summed E-state index contributed by atoms with van der Waals surface area (Å²) in [5.41, 5.74) is 2.38. The van der Waals surface area contributed by atoms with Gasteiger partial charge in [-0.15, -0.1) is 0 Å². The topological polar surface area (TPSA) is 32.3 Å². The lowest BCUT2D eigenvalue weighted by Gasteiger charge is -2.20. The summed E-state index contributed by atoms with van der Waals surface area (Å²) in [5.74, 6) is 1.62. The quantitative estimate of drug-likeness (QED) is 0.718. The van der Waals surface area contributed by atoms with Gasteiger partial charge in [0.1, 0.15) is 0 Å². The highest BCUT2D eigenvalue weighted by Gasteiger charge is 2.24. The van der Waals surface area contributed by atoms with Gasteiger partial charge in [0, 0.05) is 12.6 Å². The zero-order chi connectivity index (χ0) is 15.2. The molecule has 0 spiro atoms. The molecular formula is C19H31NO. The summed E-state index contributed by atoms with van der Waals surface area (Å²) in [6.07, 6.45) is 5.93. The smallest absolute Gasteiger partial charge is 0.0914 e. The van der Waals surface area contributed by atoms with Crippen molar-refractivity contribution in [1.82, 2.24) is 5.32 Å². The number of nitrogens with one attached hydrogen (secondary N) is 1. The van der Waals surface area contributed by atoms with Gasteiger partial charge < -0.3 is 10.4 Å². The first-order valence-electron chi connectivity index (χ1n) is 8.58. The van der Waals surface area contributed by atoms with E-state index in [0.29, 0.717) is 18.5 Å². The third-order valence-electron chi connectivity index (χ3n) is 4.42. The van der Waals surface area contributed by atoms with Crippen molar-refractivity contribution in [3.8, 4) is 0 Å². The van der Waals surface area contributed by atoms with Crippen LogP contribution in [0, 0.1) is 11.8 Å². The third-order valence-corrected chi connectivity index (χ3v) is 4.42. The average Bonchev–Trinajstić information content (AvgIpc) is 3.27. The second kappa shape index (κ2) is 7.95. The van der Waals surface area contributed by atoms with Crippen molar-refractivity contribution in [3.05, 3.63) is 35.4 Å². The van der Waals surface area contributed by atoms with E-state index in [0.717, 1.165) is 24.3 Å². The van der Waals surface area contributed by atoms with Crippen molar-refractivity contribution >= 4 is 0 Å². The van der Waals surface area contributed by atoms with Gasteiger partial charge in [0.2, 0.25) is 0 Å². The van der Waals surface area contributed by atoms with Crippen LogP contribution in [0.5, 0.6) is 0 Å². The van der Waals surface area contributed by atoms with Crippen LogP contribution in [0.25, 0.3) is 0 Å². The van der Waals surface area contributed by atoms with Gasteiger partial charge in [-0.25, -0.2) is 0 Å². The molecule has 0 amide bonds. The van der Waals surface area contributed by atoms with Crippen LogP contribution in [-0.2, 0) is 6.42 Å². The maximum atomic E-state index is 10.3. The molecule has 1 saturated carbocycles. The number of hydrogen-bond acceptors (Lipinski definition) is 2. The molecule has 0 heterocycles. The van der Waals surface area contributed by atoms with Crippen LogP contribution in [-0.4, -0.2) is 17.7 Å². The summed E-state index contributed by atoms with van der Waals surface area (Å²) >= 11 is 0. The van der Waals surface area contributed by atoms with E-state index in [1.54, 1.807) is 0 Å². The highest BCUT2D eigenvalue weighted by atomic mass is 16.3. The number of rotatable bonds is 9. The molecule has 1 fully saturated rings. The normalized spacial score (nSPS) is 18.0. The van der Waals surface area contributed by atoms with Crippen molar-refractivity contribution < 1.29 is 5.11 Å². The molecule has 0 saturated heterocycles. The monoisotopic (exact) mass is 289 g/mol. The Balaban J connectivity index is 1.79. The summed E-state index contributed by atoms with van der Waals surface area (Å²) in [7, 11) is 0. The van der Waals surface area contributed by atoms with Crippen molar-refractivity contribution in [2.24, 2.45) is 11.8 Å². The lowest BCUT2D eigenvalue weighted by Crippen LogP contribution is -2.32. The SMILES string of the molecule is CCC(CC1CC1)NCC(O)c1ccc(CC(C)C)cc1. The Labute approximate surface area is 130 Å². The summed E-state index contributed by atoms with van der Waals surface area (Å²) in [6, 6.07) is 9.02. The van der Waals surface area contributed by atoms with Crippen LogP contribution in [0.4, 0.5) is 0 Å². The molecule has 21 heavy (non-hydrogen) atoms. The molecular weight excluding hydrogens is 258 g/mol. The van der Waals surface area contributed by atoms with Crippen LogP contribution in [0.3, 0.4) is 0 Å². The Morgan fingerprint density at radius 1 is 1.19 bits per heavy atom. The Morgan fingerprint density at radius 2 is 1.86 bits per heavy atom. The van der Waals surface area contributed by atoms with E-state index in [1.807, 2.05) is 0 Å². The molecule has 2 atom stereocenters. The Bertz CT molecular complexity index is 408. The first-order chi connectivity index (χ1) is 10.1. The minimum absolute atomic E-state index is 0.397. The number of aliphatic hydroxyl groups excluding tert-OH is 1. The second-order valence-corrected chi connectivity index (χ2v) is 7.05. The van der Waals surface area contributed by atoms with Crippen LogP contribution >= 0.6 is 0 Å². The fourth-order valence-electron chi connectivity index (χ4n) is 2.89. The molecule has 2 N–H and O–H groups in total. The van der Waals surface area contributed by atoms with E-state index >= 15 is 0 Å². The first kappa shape index (κ1) is 16.5. The van der Waals surface area contributed by atoms with Gasteiger partial charge in [0.05, 0.1) is 6.10 Å². The third kappa shape index (κ3) is 5.80. The minimum Gasteiger partial charge on any atom is -0.387 e. The molecule has 1 aromatic carbocycles.